The Morgan fingerprint density at radius 2 is 1.36 bits per heavy atom. The topological polar surface area (TPSA) is 150 Å². The van der Waals surface area contributed by atoms with Crippen molar-refractivity contribution in [3.05, 3.63) is 0 Å². The van der Waals surface area contributed by atoms with E-state index in [2.05, 4.69) is 0 Å². The van der Waals surface area contributed by atoms with Crippen LogP contribution in [0.25, 0.3) is 0 Å². The SMILES string of the molecule is CC(=O)OC[C@H]1O[C@@H](OCCCN)[C@H](OC(C)=O)[C@@H](OC(C)=O)[C@H]1OC(C)=O. The molecule has 11 heteroatoms. The number of hydrogen-bond donors (Lipinski definition) is 1. The first-order chi connectivity index (χ1) is 13.1. The second kappa shape index (κ2) is 11.6. The molecule has 0 saturated carbocycles. The third-order valence-corrected chi connectivity index (χ3v) is 3.58. The zero-order chi connectivity index (χ0) is 21.3. The van der Waals surface area contributed by atoms with Crippen LogP contribution in [-0.4, -0.2) is 74.3 Å². The van der Waals surface area contributed by atoms with Crippen LogP contribution in [0.4, 0.5) is 0 Å². The van der Waals surface area contributed by atoms with E-state index in [0.717, 1.165) is 20.8 Å². The molecule has 1 rings (SSSR count). The van der Waals surface area contributed by atoms with Gasteiger partial charge in [0.25, 0.3) is 0 Å². The molecule has 0 aromatic rings. The molecule has 1 saturated heterocycles. The van der Waals surface area contributed by atoms with Crippen molar-refractivity contribution < 1.29 is 47.6 Å². The first-order valence-electron chi connectivity index (χ1n) is 8.77. The quantitative estimate of drug-likeness (QED) is 0.298. The molecule has 0 aromatic carbocycles. The van der Waals surface area contributed by atoms with Crippen molar-refractivity contribution in [1.29, 1.82) is 0 Å². The molecular weight excluding hydrogens is 378 g/mol. The van der Waals surface area contributed by atoms with Gasteiger partial charge in [-0.2, -0.15) is 0 Å². The highest BCUT2D eigenvalue weighted by molar-refractivity contribution is 5.68. The van der Waals surface area contributed by atoms with E-state index in [1.165, 1.54) is 6.92 Å². The average molecular weight is 405 g/mol. The summed E-state index contributed by atoms with van der Waals surface area (Å²) in [5.74, 6) is -2.66. The molecule has 160 valence electrons. The Labute approximate surface area is 162 Å². The summed E-state index contributed by atoms with van der Waals surface area (Å²) in [5.41, 5.74) is 5.45. The summed E-state index contributed by atoms with van der Waals surface area (Å²) < 4.78 is 32.0. The Morgan fingerprint density at radius 1 is 0.821 bits per heavy atom. The van der Waals surface area contributed by atoms with E-state index in [0.29, 0.717) is 13.0 Å². The van der Waals surface area contributed by atoms with Crippen molar-refractivity contribution in [2.24, 2.45) is 5.73 Å². The highest BCUT2D eigenvalue weighted by atomic mass is 16.7. The van der Waals surface area contributed by atoms with Crippen LogP contribution in [0, 0.1) is 0 Å². The van der Waals surface area contributed by atoms with E-state index < -0.39 is 54.6 Å². The number of carbonyl (C=O) groups is 4. The second-order valence-electron chi connectivity index (χ2n) is 6.08. The molecule has 1 heterocycles. The van der Waals surface area contributed by atoms with E-state index in [1.807, 2.05) is 0 Å². The van der Waals surface area contributed by atoms with E-state index in [-0.39, 0.29) is 13.2 Å². The molecule has 2 N–H and O–H groups in total. The van der Waals surface area contributed by atoms with Crippen LogP contribution in [-0.2, 0) is 47.6 Å². The third kappa shape index (κ3) is 7.79. The van der Waals surface area contributed by atoms with Crippen molar-refractivity contribution in [2.75, 3.05) is 19.8 Å². The van der Waals surface area contributed by atoms with Crippen LogP contribution in [0.2, 0.25) is 0 Å². The zero-order valence-corrected chi connectivity index (χ0v) is 16.4. The van der Waals surface area contributed by atoms with Crippen LogP contribution in [0.1, 0.15) is 34.1 Å². The molecule has 28 heavy (non-hydrogen) atoms. The Balaban J connectivity index is 3.21. The van der Waals surface area contributed by atoms with E-state index in [9.17, 15) is 19.2 Å². The highest BCUT2D eigenvalue weighted by Crippen LogP contribution is 2.30. The molecule has 5 atom stereocenters. The Bertz CT molecular complexity index is 566. The van der Waals surface area contributed by atoms with Crippen molar-refractivity contribution in [2.45, 2.75) is 64.8 Å². The molecule has 0 spiro atoms. The van der Waals surface area contributed by atoms with Gasteiger partial charge < -0.3 is 34.2 Å². The molecular formula is C17H27NO10. The number of hydrogen-bond acceptors (Lipinski definition) is 11. The fourth-order valence-electron chi connectivity index (χ4n) is 2.61. The summed E-state index contributed by atoms with van der Waals surface area (Å²) in [6.45, 7) is 4.89. The largest absolute Gasteiger partial charge is 0.463 e. The summed E-state index contributed by atoms with van der Waals surface area (Å²) >= 11 is 0. The summed E-state index contributed by atoms with van der Waals surface area (Å²) in [5, 5.41) is 0. The normalized spacial score (nSPS) is 26.8. The molecule has 0 aliphatic carbocycles. The lowest BCUT2D eigenvalue weighted by Crippen LogP contribution is -2.63. The van der Waals surface area contributed by atoms with Gasteiger partial charge in [0, 0.05) is 27.7 Å². The Kier molecular flexibility index (Phi) is 9.83. The van der Waals surface area contributed by atoms with Crippen LogP contribution in [0.15, 0.2) is 0 Å². The summed E-state index contributed by atoms with van der Waals surface area (Å²) in [4.78, 5) is 46.0. The van der Waals surface area contributed by atoms with E-state index in [1.54, 1.807) is 0 Å². The summed E-state index contributed by atoms with van der Waals surface area (Å²) in [7, 11) is 0. The maximum absolute atomic E-state index is 11.6. The first kappa shape index (κ1) is 23.8. The number of nitrogens with two attached hydrogens (primary N) is 1. The number of carbonyl (C=O) groups excluding carboxylic acids is 4. The van der Waals surface area contributed by atoms with Gasteiger partial charge in [-0.25, -0.2) is 0 Å². The van der Waals surface area contributed by atoms with Gasteiger partial charge in [-0.05, 0) is 13.0 Å². The molecule has 1 fully saturated rings. The van der Waals surface area contributed by atoms with E-state index >= 15 is 0 Å². The molecule has 0 unspecified atom stereocenters. The van der Waals surface area contributed by atoms with Gasteiger partial charge in [0.2, 0.25) is 0 Å². The first-order valence-corrected chi connectivity index (χ1v) is 8.77. The van der Waals surface area contributed by atoms with E-state index in [4.69, 9.17) is 34.2 Å². The second-order valence-corrected chi connectivity index (χ2v) is 6.08. The lowest BCUT2D eigenvalue weighted by atomic mass is 9.98. The smallest absolute Gasteiger partial charge is 0.303 e. The van der Waals surface area contributed by atoms with Gasteiger partial charge in [-0.1, -0.05) is 0 Å². The van der Waals surface area contributed by atoms with Gasteiger partial charge in [0.15, 0.2) is 24.6 Å². The van der Waals surface area contributed by atoms with Crippen molar-refractivity contribution >= 4 is 23.9 Å². The van der Waals surface area contributed by atoms with Gasteiger partial charge in [0.05, 0.1) is 6.61 Å². The van der Waals surface area contributed by atoms with Crippen molar-refractivity contribution in [1.82, 2.24) is 0 Å². The lowest BCUT2D eigenvalue weighted by Gasteiger charge is -2.44. The van der Waals surface area contributed by atoms with Crippen molar-refractivity contribution in [3.63, 3.8) is 0 Å². The minimum atomic E-state index is -1.23. The van der Waals surface area contributed by atoms with Gasteiger partial charge in [-0.15, -0.1) is 0 Å². The maximum atomic E-state index is 11.6. The molecule has 0 radical (unpaired) electrons. The van der Waals surface area contributed by atoms with Crippen LogP contribution < -0.4 is 5.73 Å². The fourth-order valence-corrected chi connectivity index (χ4v) is 2.61. The zero-order valence-electron chi connectivity index (χ0n) is 16.4. The van der Waals surface area contributed by atoms with Crippen LogP contribution in [0.5, 0.6) is 0 Å². The highest BCUT2D eigenvalue weighted by Gasteiger charge is 2.52. The van der Waals surface area contributed by atoms with Crippen molar-refractivity contribution in [3.8, 4) is 0 Å². The minimum absolute atomic E-state index is 0.171. The fraction of sp³-hybridized carbons (Fsp3) is 0.765. The Hall–Kier alpha value is -2.24. The van der Waals surface area contributed by atoms with Gasteiger partial charge in [-0.3, -0.25) is 19.2 Å². The molecule has 0 aromatic heterocycles. The number of esters is 4. The van der Waals surface area contributed by atoms with Gasteiger partial charge in [0.1, 0.15) is 12.7 Å². The number of rotatable bonds is 9. The number of ether oxygens (including phenoxy) is 6. The van der Waals surface area contributed by atoms with Gasteiger partial charge >= 0.3 is 23.9 Å². The van der Waals surface area contributed by atoms with Crippen LogP contribution >= 0.6 is 0 Å². The maximum Gasteiger partial charge on any atom is 0.303 e. The predicted molar refractivity (Wildman–Crippen MR) is 91.6 cm³/mol. The summed E-state index contributed by atoms with van der Waals surface area (Å²) in [6.07, 6.45) is -5.33. The molecule has 0 amide bonds. The molecule has 11 nitrogen and oxygen atoms in total. The van der Waals surface area contributed by atoms with Crippen LogP contribution in [0.3, 0.4) is 0 Å². The Morgan fingerprint density at radius 3 is 1.86 bits per heavy atom. The molecule has 0 bridgehead atoms. The monoisotopic (exact) mass is 405 g/mol. The average Bonchev–Trinajstić information content (AvgIpc) is 2.57. The summed E-state index contributed by atoms with van der Waals surface area (Å²) in [6, 6.07) is 0. The lowest BCUT2D eigenvalue weighted by molar-refractivity contribution is -0.308. The molecule has 1 aliphatic rings. The third-order valence-electron chi connectivity index (χ3n) is 3.58. The minimum Gasteiger partial charge on any atom is -0.463 e. The molecule has 1 aliphatic heterocycles. The standard InChI is InChI=1S/C17H27NO10/c1-9(19)24-8-13-14(25-10(2)20)15(26-11(3)21)16(27-12(4)22)17(28-13)23-7-5-6-18/h13-17H,5-8,18H2,1-4H3/t13-,14+,15+,16-,17-/m1/s1. The predicted octanol–water partition coefficient (Wildman–Crippen LogP) is -0.565.